The molecule has 0 heterocycles. The van der Waals surface area contributed by atoms with E-state index in [0.29, 0.717) is 63.5 Å². The average Bonchev–Trinajstić information content (AvgIpc) is 3.28. The summed E-state index contributed by atoms with van der Waals surface area (Å²) in [5, 5.41) is 9.83. The van der Waals surface area contributed by atoms with Crippen LogP contribution in [0.4, 0.5) is 30.7 Å². The smallest absolute Gasteiger partial charge is 0.435 e. The molecule has 0 saturated heterocycles. The van der Waals surface area contributed by atoms with Crippen molar-refractivity contribution in [1.29, 1.82) is 0 Å². The van der Waals surface area contributed by atoms with Crippen molar-refractivity contribution < 1.29 is 53.8 Å². The number of aliphatic carboxylic acids is 1. The average molecular weight is 717 g/mol. The van der Waals surface area contributed by atoms with Crippen LogP contribution in [0.2, 0.25) is 0 Å². The lowest BCUT2D eigenvalue weighted by atomic mass is 9.51. The lowest BCUT2D eigenvalue weighted by Crippen LogP contribution is -2.51. The Balaban J connectivity index is 1.44. The van der Waals surface area contributed by atoms with Gasteiger partial charge in [-0.2, -0.15) is 26.3 Å². The molecule has 5 aliphatic carbocycles. The molecule has 0 amide bonds. The van der Waals surface area contributed by atoms with Crippen LogP contribution in [0.25, 0.3) is 0 Å². The Morgan fingerprint density at radius 3 is 1.92 bits per heavy atom. The van der Waals surface area contributed by atoms with E-state index in [2.05, 4.69) is 0 Å². The second-order valence-electron chi connectivity index (χ2n) is 14.7. The first-order valence-corrected chi connectivity index (χ1v) is 18.3. The Morgan fingerprint density at radius 1 is 0.816 bits per heavy atom. The first-order chi connectivity index (χ1) is 22.8. The predicted octanol–water partition coefficient (Wildman–Crippen LogP) is 8.95. The van der Waals surface area contributed by atoms with Crippen molar-refractivity contribution in [3.63, 3.8) is 0 Å². The van der Waals surface area contributed by atoms with Crippen LogP contribution in [-0.2, 0) is 42.7 Å². The lowest BCUT2D eigenvalue weighted by molar-refractivity contribution is -0.348. The van der Waals surface area contributed by atoms with Gasteiger partial charge in [-0.25, -0.2) is 12.8 Å². The van der Waals surface area contributed by atoms with E-state index in [4.69, 9.17) is 0 Å². The van der Waals surface area contributed by atoms with Crippen molar-refractivity contribution >= 4 is 21.6 Å². The van der Waals surface area contributed by atoms with Gasteiger partial charge in [0.15, 0.2) is 9.84 Å². The molecule has 4 saturated carbocycles. The third-order valence-electron chi connectivity index (χ3n) is 12.5. The number of carboxylic acid groups (broad SMARTS) is 1. The summed E-state index contributed by atoms with van der Waals surface area (Å²) >= 11 is 0. The molecule has 2 bridgehead atoms. The van der Waals surface area contributed by atoms with Crippen molar-refractivity contribution in [1.82, 2.24) is 0 Å². The summed E-state index contributed by atoms with van der Waals surface area (Å²) in [6.07, 6.45) is -8.89. The number of aryl methyl sites for hydroxylation is 2. The Morgan fingerprint density at radius 2 is 1.39 bits per heavy atom. The Bertz CT molecular complexity index is 1710. The molecule has 4 fully saturated rings. The molecule has 7 rings (SSSR count). The molecule has 268 valence electrons. The maximum Gasteiger partial charge on any atom is 0.435 e. The number of Topliss-reactive ketones (excluding diaryl/α,β-unsaturated/α-hetero) is 1. The van der Waals surface area contributed by atoms with Crippen molar-refractivity contribution in [3.8, 4) is 0 Å². The minimum Gasteiger partial charge on any atom is -0.481 e. The van der Waals surface area contributed by atoms with E-state index in [9.17, 15) is 49.5 Å². The van der Waals surface area contributed by atoms with E-state index in [-0.39, 0.29) is 53.9 Å². The molecule has 13 heteroatoms. The second-order valence-corrected chi connectivity index (χ2v) is 16.9. The molecule has 3 unspecified atom stereocenters. The van der Waals surface area contributed by atoms with Gasteiger partial charge >= 0.3 is 24.0 Å². The van der Waals surface area contributed by atoms with Gasteiger partial charge in [-0.15, -0.1) is 0 Å². The molecule has 2 aromatic carbocycles. The molecule has 0 aromatic heterocycles. The van der Waals surface area contributed by atoms with Gasteiger partial charge in [-0.3, -0.25) is 9.59 Å². The van der Waals surface area contributed by atoms with Crippen LogP contribution < -0.4 is 0 Å². The van der Waals surface area contributed by atoms with Crippen molar-refractivity contribution in [2.75, 3.05) is 0 Å². The normalized spacial score (nSPS) is 30.6. The topological polar surface area (TPSA) is 88.5 Å². The van der Waals surface area contributed by atoms with Gasteiger partial charge in [-0.1, -0.05) is 43.7 Å². The highest BCUT2D eigenvalue weighted by Crippen LogP contribution is 2.61. The molecule has 1 N–H and O–H groups in total. The highest BCUT2D eigenvalue weighted by atomic mass is 32.2. The van der Waals surface area contributed by atoms with Crippen molar-refractivity contribution in [3.05, 3.63) is 64.7 Å². The predicted molar refractivity (Wildman–Crippen MR) is 165 cm³/mol. The highest BCUT2D eigenvalue weighted by Gasteiger charge is 2.73. The van der Waals surface area contributed by atoms with Crippen LogP contribution in [-0.4, -0.2) is 37.6 Å². The van der Waals surface area contributed by atoms with Crippen LogP contribution in [0.3, 0.4) is 0 Å². The van der Waals surface area contributed by atoms with E-state index in [1.54, 1.807) is 12.1 Å². The molecule has 3 atom stereocenters. The number of carbonyl (C=O) groups is 2. The number of ketones is 1. The van der Waals surface area contributed by atoms with Crippen LogP contribution in [0.5, 0.6) is 0 Å². The number of alkyl halides is 7. The molecule has 0 aliphatic heterocycles. The van der Waals surface area contributed by atoms with Gasteiger partial charge < -0.3 is 5.11 Å². The largest absolute Gasteiger partial charge is 0.481 e. The zero-order chi connectivity index (χ0) is 35.8. The van der Waals surface area contributed by atoms with E-state index < -0.39 is 66.8 Å². The van der Waals surface area contributed by atoms with Crippen molar-refractivity contribution in [2.45, 2.75) is 118 Å². The maximum absolute atomic E-state index is 15.2. The van der Waals surface area contributed by atoms with Crippen LogP contribution in [0.15, 0.2) is 47.4 Å². The number of hydrogen-bond acceptors (Lipinski definition) is 4. The number of carboxylic acids is 1. The summed E-state index contributed by atoms with van der Waals surface area (Å²) < 4.78 is 126. The monoisotopic (exact) mass is 716 g/mol. The number of halogens is 7. The number of rotatable bonds is 7. The summed E-state index contributed by atoms with van der Waals surface area (Å²) in [5.41, 5.74) is -8.03. The van der Waals surface area contributed by atoms with Crippen molar-refractivity contribution in [2.24, 2.45) is 22.7 Å². The highest BCUT2D eigenvalue weighted by molar-refractivity contribution is 7.92. The van der Waals surface area contributed by atoms with E-state index >= 15 is 4.39 Å². The summed E-state index contributed by atoms with van der Waals surface area (Å²) in [6.45, 7) is 1.89. The lowest BCUT2D eigenvalue weighted by Gasteiger charge is -2.51. The van der Waals surface area contributed by atoms with Gasteiger partial charge in [0.05, 0.1) is 10.3 Å². The summed E-state index contributed by atoms with van der Waals surface area (Å²) in [7, 11) is -4.37. The number of sulfone groups is 1. The third kappa shape index (κ3) is 5.25. The van der Waals surface area contributed by atoms with Gasteiger partial charge in [0.1, 0.15) is 10.5 Å². The van der Waals surface area contributed by atoms with E-state index in [1.807, 2.05) is 6.92 Å². The zero-order valence-corrected chi connectivity index (χ0v) is 27.8. The van der Waals surface area contributed by atoms with E-state index in [1.165, 1.54) is 12.1 Å². The fourth-order valence-corrected chi connectivity index (χ4v) is 12.0. The third-order valence-corrected chi connectivity index (χ3v) is 15.2. The van der Waals surface area contributed by atoms with Gasteiger partial charge in [-0.05, 0) is 112 Å². The number of benzene rings is 2. The standard InChI is InChI=1S/C36H39F7O5S/c1-2-22-5-10-27(11-6-22)49(47,48)33-13-3-4-24(29(44)31-14-17-32(18-15-31,19-16-31)30(45)46)21-25(33)8-7-23-20-26(9-12-28(23)33)34(37,35(38,39)40)36(41,42)43/h5-6,9-12,20,24-25H,2-4,7-8,13-19,21H2,1H3,(H,45,46). The maximum atomic E-state index is 15.2. The quantitative estimate of drug-likeness (QED) is 0.289. The van der Waals surface area contributed by atoms with Gasteiger partial charge in [0.2, 0.25) is 0 Å². The fourth-order valence-electron chi connectivity index (χ4n) is 9.58. The molecular weight excluding hydrogens is 677 g/mol. The fraction of sp³-hybridized carbons (Fsp3) is 0.611. The van der Waals surface area contributed by atoms with Crippen LogP contribution in [0, 0.1) is 22.7 Å². The number of carbonyl (C=O) groups excluding carboxylic acids is 1. The van der Waals surface area contributed by atoms with Gasteiger partial charge in [0, 0.05) is 16.9 Å². The molecule has 5 aliphatic rings. The summed E-state index contributed by atoms with van der Waals surface area (Å²) in [6, 6.07) is 8.07. The molecule has 5 nitrogen and oxygen atoms in total. The molecule has 0 radical (unpaired) electrons. The molecule has 0 spiro atoms. The Labute approximate surface area is 280 Å². The van der Waals surface area contributed by atoms with Gasteiger partial charge in [0.25, 0.3) is 0 Å². The molecular formula is C36H39F7O5S. The minimum atomic E-state index is -6.32. The summed E-state index contributed by atoms with van der Waals surface area (Å²) in [4.78, 5) is 26.3. The first kappa shape index (κ1) is 35.9. The second kappa shape index (κ2) is 11.8. The minimum absolute atomic E-state index is 0.00889. The Hall–Kier alpha value is -2.96. The molecule has 49 heavy (non-hydrogen) atoms. The SMILES string of the molecule is CCc1ccc(S(=O)(=O)C23CCCC(C(=O)C45CCC(C(=O)O)(CC4)CC5)CC2CCc2cc(C(F)(C(F)(F)F)C(F)(F)F)ccc23)cc1. The number of fused-ring (bicyclic) bond motifs is 6. The summed E-state index contributed by atoms with van der Waals surface area (Å²) in [5.74, 6) is -2.12. The molecule has 2 aromatic rings. The number of hydrogen-bond donors (Lipinski definition) is 1. The van der Waals surface area contributed by atoms with E-state index in [0.717, 1.165) is 11.6 Å². The van der Waals surface area contributed by atoms with Crippen LogP contribution in [0.1, 0.15) is 99.8 Å². The first-order valence-electron chi connectivity index (χ1n) is 16.9. The zero-order valence-electron chi connectivity index (χ0n) is 27.0. The van der Waals surface area contributed by atoms with Crippen LogP contribution >= 0.6 is 0 Å². The Kier molecular flexibility index (Phi) is 8.63.